The van der Waals surface area contributed by atoms with Crippen LogP contribution < -0.4 is 0 Å². The minimum atomic E-state index is 0.286. The van der Waals surface area contributed by atoms with Crippen LogP contribution in [0.15, 0.2) is 0 Å². The summed E-state index contributed by atoms with van der Waals surface area (Å²) in [4.78, 5) is 0. The molecule has 0 radical (unpaired) electrons. The van der Waals surface area contributed by atoms with Crippen molar-refractivity contribution >= 4 is 5.71 Å². The molecule has 0 atom stereocenters. The zero-order valence-electron chi connectivity index (χ0n) is 7.47. The number of hydrogen-bond acceptors (Lipinski definition) is 1. The molecule has 0 N–H and O–H groups in total. The minimum Gasteiger partial charge on any atom is -0.624 e. The van der Waals surface area contributed by atoms with E-state index >= 15 is 0 Å². The molecule has 1 rings (SSSR count). The fraction of sp³-hybridized carbons (Fsp3) is 0.889. The van der Waals surface area contributed by atoms with Crippen molar-refractivity contribution in [2.45, 2.75) is 52.0 Å². The number of hydroxylamine groups is 1. The van der Waals surface area contributed by atoms with Gasteiger partial charge in [0.2, 0.25) is 0 Å². The minimum absolute atomic E-state index is 0.286. The SMILES string of the molecule is CC(C)=[N+]([O-])C1CCCCC1. The zero-order valence-corrected chi connectivity index (χ0v) is 7.47. The van der Waals surface area contributed by atoms with Crippen LogP contribution >= 0.6 is 0 Å². The summed E-state index contributed by atoms with van der Waals surface area (Å²) < 4.78 is 1.19. The van der Waals surface area contributed by atoms with E-state index in [1.165, 1.54) is 24.0 Å². The molecule has 0 heterocycles. The lowest BCUT2D eigenvalue weighted by molar-refractivity contribution is -0.506. The Morgan fingerprint density at radius 2 is 1.73 bits per heavy atom. The third kappa shape index (κ3) is 2.21. The fourth-order valence-electron chi connectivity index (χ4n) is 1.68. The Balaban J connectivity index is 2.52. The summed E-state index contributed by atoms with van der Waals surface area (Å²) in [7, 11) is 0. The maximum atomic E-state index is 11.4. The van der Waals surface area contributed by atoms with Gasteiger partial charge in [-0.05, 0) is 12.8 Å². The summed E-state index contributed by atoms with van der Waals surface area (Å²) in [5, 5.41) is 11.4. The first-order valence-electron chi connectivity index (χ1n) is 4.48. The summed E-state index contributed by atoms with van der Waals surface area (Å²) in [6, 6.07) is 0.286. The van der Waals surface area contributed by atoms with Gasteiger partial charge in [-0.15, -0.1) is 0 Å². The molecule has 0 aromatic heterocycles. The number of nitrogens with zero attached hydrogens (tertiary/aromatic N) is 1. The van der Waals surface area contributed by atoms with Gasteiger partial charge in [-0.1, -0.05) is 6.42 Å². The average Bonchev–Trinajstić information content (AvgIpc) is 2.05. The molecule has 1 aliphatic rings. The van der Waals surface area contributed by atoms with E-state index in [0.717, 1.165) is 18.6 Å². The lowest BCUT2D eigenvalue weighted by atomic mass is 9.96. The van der Waals surface area contributed by atoms with Crippen LogP contribution in [-0.4, -0.2) is 16.5 Å². The van der Waals surface area contributed by atoms with Gasteiger partial charge in [-0.3, -0.25) is 0 Å². The van der Waals surface area contributed by atoms with Crippen LogP contribution in [-0.2, 0) is 0 Å². The normalized spacial score (nSPS) is 19.8. The van der Waals surface area contributed by atoms with Crippen molar-refractivity contribution in [3.8, 4) is 0 Å². The highest BCUT2D eigenvalue weighted by Crippen LogP contribution is 2.19. The second-order valence-electron chi connectivity index (χ2n) is 3.56. The van der Waals surface area contributed by atoms with E-state index in [9.17, 15) is 5.21 Å². The molecule has 2 heteroatoms. The van der Waals surface area contributed by atoms with Crippen molar-refractivity contribution in [3.05, 3.63) is 5.21 Å². The molecule has 0 bridgehead atoms. The van der Waals surface area contributed by atoms with Crippen LogP contribution in [0.3, 0.4) is 0 Å². The molecular weight excluding hydrogens is 138 g/mol. The van der Waals surface area contributed by atoms with Crippen LogP contribution in [0.4, 0.5) is 0 Å². The smallest absolute Gasteiger partial charge is 0.163 e. The molecule has 0 aliphatic heterocycles. The monoisotopic (exact) mass is 155 g/mol. The van der Waals surface area contributed by atoms with E-state index in [0.29, 0.717) is 0 Å². The summed E-state index contributed by atoms with van der Waals surface area (Å²) >= 11 is 0. The van der Waals surface area contributed by atoms with Crippen molar-refractivity contribution in [2.75, 3.05) is 0 Å². The average molecular weight is 155 g/mol. The van der Waals surface area contributed by atoms with Gasteiger partial charge in [-0.25, -0.2) is 4.74 Å². The first-order chi connectivity index (χ1) is 5.22. The molecule has 0 saturated heterocycles. The topological polar surface area (TPSA) is 26.1 Å². The molecule has 1 fully saturated rings. The van der Waals surface area contributed by atoms with Gasteiger partial charge >= 0.3 is 0 Å². The van der Waals surface area contributed by atoms with E-state index < -0.39 is 0 Å². The molecule has 1 saturated carbocycles. The molecule has 0 amide bonds. The van der Waals surface area contributed by atoms with E-state index in [4.69, 9.17) is 0 Å². The quantitative estimate of drug-likeness (QED) is 0.247. The van der Waals surface area contributed by atoms with Gasteiger partial charge in [0.25, 0.3) is 0 Å². The number of rotatable bonds is 1. The maximum absolute atomic E-state index is 11.4. The molecule has 0 unspecified atom stereocenters. The third-order valence-corrected chi connectivity index (χ3v) is 2.35. The lowest BCUT2D eigenvalue weighted by Gasteiger charge is -2.21. The lowest BCUT2D eigenvalue weighted by Crippen LogP contribution is -2.27. The van der Waals surface area contributed by atoms with Crippen molar-refractivity contribution in [2.24, 2.45) is 0 Å². The molecule has 2 nitrogen and oxygen atoms in total. The van der Waals surface area contributed by atoms with Crippen molar-refractivity contribution in [1.82, 2.24) is 0 Å². The van der Waals surface area contributed by atoms with Gasteiger partial charge in [0.15, 0.2) is 11.8 Å². The van der Waals surface area contributed by atoms with Crippen molar-refractivity contribution < 1.29 is 4.74 Å². The largest absolute Gasteiger partial charge is 0.624 e. The molecule has 0 aromatic rings. The van der Waals surface area contributed by atoms with Crippen LogP contribution in [0.25, 0.3) is 0 Å². The second-order valence-corrected chi connectivity index (χ2v) is 3.56. The summed E-state index contributed by atoms with van der Waals surface area (Å²) in [5.41, 5.74) is 0.900. The summed E-state index contributed by atoms with van der Waals surface area (Å²) in [5.74, 6) is 0. The highest BCUT2D eigenvalue weighted by molar-refractivity contribution is 5.74. The second kappa shape index (κ2) is 3.74. The van der Waals surface area contributed by atoms with Gasteiger partial charge < -0.3 is 5.21 Å². The van der Waals surface area contributed by atoms with E-state index in [-0.39, 0.29) is 6.04 Å². The highest BCUT2D eigenvalue weighted by Gasteiger charge is 2.19. The molecule has 0 spiro atoms. The fourth-order valence-corrected chi connectivity index (χ4v) is 1.68. The predicted octanol–water partition coefficient (Wildman–Crippen LogP) is 2.31. The molecule has 64 valence electrons. The van der Waals surface area contributed by atoms with Crippen LogP contribution in [0.1, 0.15) is 46.0 Å². The Morgan fingerprint density at radius 3 is 2.18 bits per heavy atom. The zero-order chi connectivity index (χ0) is 8.27. The van der Waals surface area contributed by atoms with E-state index in [1.54, 1.807) is 0 Å². The Kier molecular flexibility index (Phi) is 2.92. The van der Waals surface area contributed by atoms with E-state index in [2.05, 4.69) is 0 Å². The van der Waals surface area contributed by atoms with E-state index in [1.807, 2.05) is 13.8 Å². The molecule has 1 aliphatic carbocycles. The van der Waals surface area contributed by atoms with Crippen LogP contribution in [0.5, 0.6) is 0 Å². The van der Waals surface area contributed by atoms with Crippen molar-refractivity contribution in [1.29, 1.82) is 0 Å². The Morgan fingerprint density at radius 1 is 1.18 bits per heavy atom. The Labute approximate surface area is 68.5 Å². The number of hydrogen-bond donors (Lipinski definition) is 0. The van der Waals surface area contributed by atoms with Crippen LogP contribution in [0, 0.1) is 5.21 Å². The molecular formula is C9H17NO. The van der Waals surface area contributed by atoms with Crippen LogP contribution in [0.2, 0.25) is 0 Å². The first-order valence-corrected chi connectivity index (χ1v) is 4.48. The third-order valence-electron chi connectivity index (χ3n) is 2.35. The Hall–Kier alpha value is -0.530. The predicted molar refractivity (Wildman–Crippen MR) is 46.9 cm³/mol. The molecule has 0 aromatic carbocycles. The Bertz CT molecular complexity index is 153. The highest BCUT2D eigenvalue weighted by atomic mass is 16.5. The van der Waals surface area contributed by atoms with Crippen molar-refractivity contribution in [3.63, 3.8) is 0 Å². The van der Waals surface area contributed by atoms with Gasteiger partial charge in [0.1, 0.15) is 0 Å². The summed E-state index contributed by atoms with van der Waals surface area (Å²) in [6.07, 6.45) is 5.96. The van der Waals surface area contributed by atoms with Gasteiger partial charge in [0.05, 0.1) is 0 Å². The van der Waals surface area contributed by atoms with Gasteiger partial charge in [-0.2, -0.15) is 0 Å². The van der Waals surface area contributed by atoms with Gasteiger partial charge in [0, 0.05) is 26.7 Å². The summed E-state index contributed by atoms with van der Waals surface area (Å²) in [6.45, 7) is 3.78. The standard InChI is InChI=1S/C9H17NO/c1-8(2)10(11)9-6-4-3-5-7-9/h9H,3-7H2,1-2H3. The maximum Gasteiger partial charge on any atom is 0.163 e. The first kappa shape index (κ1) is 8.57. The molecule has 11 heavy (non-hydrogen) atoms.